The molecule has 0 spiro atoms. The molecule has 1 saturated carbocycles. The summed E-state index contributed by atoms with van der Waals surface area (Å²) in [6.07, 6.45) is 4.09. The summed E-state index contributed by atoms with van der Waals surface area (Å²) in [5, 5.41) is 16.0. The van der Waals surface area contributed by atoms with Gasteiger partial charge < -0.3 is 15.7 Å². The van der Waals surface area contributed by atoms with Gasteiger partial charge in [-0.05, 0) is 36.9 Å². The van der Waals surface area contributed by atoms with Gasteiger partial charge in [0.25, 0.3) is 0 Å². The van der Waals surface area contributed by atoms with Crippen LogP contribution in [0, 0.1) is 5.41 Å². The highest BCUT2D eigenvalue weighted by molar-refractivity contribution is 7.99. The van der Waals surface area contributed by atoms with Crippen LogP contribution in [0.1, 0.15) is 53.4 Å². The number of aliphatic hydroxyl groups excluding tert-OH is 1. The van der Waals surface area contributed by atoms with Crippen LogP contribution >= 0.6 is 11.8 Å². The Kier molecular flexibility index (Phi) is 7.17. The summed E-state index contributed by atoms with van der Waals surface area (Å²) in [5.74, 6) is 1.14. The summed E-state index contributed by atoms with van der Waals surface area (Å²) >= 11 is 1.98. The fourth-order valence-electron chi connectivity index (χ4n) is 2.77. The van der Waals surface area contributed by atoms with Gasteiger partial charge in [0, 0.05) is 11.3 Å². The Labute approximate surface area is 127 Å². The van der Waals surface area contributed by atoms with E-state index in [0.29, 0.717) is 5.25 Å². The predicted octanol–water partition coefficient (Wildman–Crippen LogP) is 2.76. The maximum Gasteiger partial charge on any atom is 0.315 e. The molecule has 3 atom stereocenters. The van der Waals surface area contributed by atoms with E-state index in [4.69, 9.17) is 0 Å². The van der Waals surface area contributed by atoms with Gasteiger partial charge in [0.1, 0.15) is 0 Å². The molecule has 0 aromatic carbocycles. The lowest BCUT2D eigenvalue weighted by Gasteiger charge is -2.26. The first-order chi connectivity index (χ1) is 9.34. The lowest BCUT2D eigenvalue weighted by atomic mass is 9.88. The lowest BCUT2D eigenvalue weighted by Crippen LogP contribution is -2.48. The summed E-state index contributed by atoms with van der Waals surface area (Å²) < 4.78 is 0. The number of rotatable bonds is 6. The van der Waals surface area contributed by atoms with Crippen molar-refractivity contribution < 1.29 is 9.90 Å². The van der Waals surface area contributed by atoms with E-state index in [1.807, 2.05) is 11.8 Å². The zero-order valence-corrected chi connectivity index (χ0v) is 14.1. The normalized spacial score (nSPS) is 24.4. The second kappa shape index (κ2) is 8.13. The van der Waals surface area contributed by atoms with Crippen molar-refractivity contribution in [3.05, 3.63) is 0 Å². The second-order valence-corrected chi connectivity index (χ2v) is 8.43. The molecule has 2 amide bonds. The molecule has 1 aliphatic rings. The predicted molar refractivity (Wildman–Crippen MR) is 86.2 cm³/mol. The van der Waals surface area contributed by atoms with Gasteiger partial charge in [-0.2, -0.15) is 11.8 Å². The van der Waals surface area contributed by atoms with Gasteiger partial charge in [0.15, 0.2) is 0 Å². The van der Waals surface area contributed by atoms with Crippen LogP contribution in [-0.4, -0.2) is 40.8 Å². The van der Waals surface area contributed by atoms with Crippen molar-refractivity contribution in [3.63, 3.8) is 0 Å². The summed E-state index contributed by atoms with van der Waals surface area (Å²) in [4.78, 5) is 12.0. The number of aliphatic hydroxyl groups is 1. The number of hydrogen-bond acceptors (Lipinski definition) is 3. The van der Waals surface area contributed by atoms with Crippen molar-refractivity contribution in [2.75, 3.05) is 12.4 Å². The molecule has 3 unspecified atom stereocenters. The van der Waals surface area contributed by atoms with Crippen molar-refractivity contribution in [2.45, 2.75) is 70.7 Å². The minimum Gasteiger partial charge on any atom is -0.394 e. The summed E-state index contributed by atoms with van der Waals surface area (Å²) in [7, 11) is 0. The van der Waals surface area contributed by atoms with E-state index in [2.05, 4.69) is 38.3 Å². The van der Waals surface area contributed by atoms with E-state index in [0.717, 1.165) is 25.0 Å². The number of carbonyl (C=O) groups is 1. The quantitative estimate of drug-likeness (QED) is 0.707. The SMILES string of the molecule is CCSC1CCC(NC(=O)NC(CO)CC(C)(C)C)C1. The molecule has 5 heteroatoms. The van der Waals surface area contributed by atoms with Gasteiger partial charge >= 0.3 is 6.03 Å². The minimum absolute atomic E-state index is 0.0102. The molecule has 4 nitrogen and oxygen atoms in total. The third-order valence-electron chi connectivity index (χ3n) is 3.54. The molecule has 0 bridgehead atoms. The van der Waals surface area contributed by atoms with Crippen LogP contribution in [0.4, 0.5) is 4.79 Å². The van der Waals surface area contributed by atoms with Gasteiger partial charge in [-0.3, -0.25) is 0 Å². The Morgan fingerprint density at radius 3 is 2.65 bits per heavy atom. The lowest BCUT2D eigenvalue weighted by molar-refractivity contribution is 0.189. The van der Waals surface area contributed by atoms with Crippen LogP contribution in [0.25, 0.3) is 0 Å². The summed E-state index contributed by atoms with van der Waals surface area (Å²) in [6, 6.07) is -0.0225. The molecule has 0 saturated heterocycles. The second-order valence-electron chi connectivity index (χ2n) is 6.85. The van der Waals surface area contributed by atoms with Gasteiger partial charge in [0.05, 0.1) is 12.6 Å². The van der Waals surface area contributed by atoms with Crippen LogP contribution in [-0.2, 0) is 0 Å². The number of urea groups is 1. The molecule has 1 rings (SSSR count). The summed E-state index contributed by atoms with van der Waals surface area (Å²) in [6.45, 7) is 8.50. The molecule has 0 aromatic heterocycles. The largest absolute Gasteiger partial charge is 0.394 e. The number of amides is 2. The molecule has 118 valence electrons. The molecule has 3 N–H and O–H groups in total. The van der Waals surface area contributed by atoms with E-state index >= 15 is 0 Å². The van der Waals surface area contributed by atoms with E-state index in [1.54, 1.807) is 0 Å². The fraction of sp³-hybridized carbons (Fsp3) is 0.933. The Balaban J connectivity index is 2.32. The van der Waals surface area contributed by atoms with Crippen molar-refractivity contribution in [1.82, 2.24) is 10.6 Å². The Morgan fingerprint density at radius 1 is 1.40 bits per heavy atom. The van der Waals surface area contributed by atoms with Gasteiger partial charge in [0.2, 0.25) is 0 Å². The molecule has 1 fully saturated rings. The van der Waals surface area contributed by atoms with E-state index < -0.39 is 0 Å². The topological polar surface area (TPSA) is 61.4 Å². The van der Waals surface area contributed by atoms with E-state index in [-0.39, 0.29) is 30.1 Å². The van der Waals surface area contributed by atoms with Crippen molar-refractivity contribution in [1.29, 1.82) is 0 Å². The zero-order chi connectivity index (χ0) is 15.2. The Bertz CT molecular complexity index is 305. The van der Waals surface area contributed by atoms with E-state index in [9.17, 15) is 9.90 Å². The molecule has 0 radical (unpaired) electrons. The first-order valence-corrected chi connectivity index (χ1v) is 8.68. The third-order valence-corrected chi connectivity index (χ3v) is 4.77. The monoisotopic (exact) mass is 302 g/mol. The van der Waals surface area contributed by atoms with Crippen LogP contribution < -0.4 is 10.6 Å². The minimum atomic E-state index is -0.169. The number of hydrogen-bond donors (Lipinski definition) is 3. The third kappa shape index (κ3) is 6.84. The van der Waals surface area contributed by atoms with E-state index in [1.165, 1.54) is 6.42 Å². The molecule has 0 aromatic rings. The standard InChI is InChI=1S/C15H30N2O2S/c1-5-20-13-7-6-11(8-13)16-14(19)17-12(10-18)9-15(2,3)4/h11-13,18H,5-10H2,1-4H3,(H2,16,17,19). The average Bonchev–Trinajstić information content (AvgIpc) is 2.74. The Morgan fingerprint density at radius 2 is 2.10 bits per heavy atom. The first kappa shape index (κ1) is 17.6. The maximum atomic E-state index is 12.0. The average molecular weight is 302 g/mol. The number of nitrogens with one attached hydrogen (secondary N) is 2. The van der Waals surface area contributed by atoms with Crippen LogP contribution in [0.5, 0.6) is 0 Å². The van der Waals surface area contributed by atoms with Gasteiger partial charge in [-0.25, -0.2) is 4.79 Å². The molecular weight excluding hydrogens is 272 g/mol. The first-order valence-electron chi connectivity index (χ1n) is 7.63. The number of carbonyl (C=O) groups excluding carboxylic acids is 1. The van der Waals surface area contributed by atoms with Crippen LogP contribution in [0.3, 0.4) is 0 Å². The van der Waals surface area contributed by atoms with Crippen molar-refractivity contribution >= 4 is 17.8 Å². The fourth-order valence-corrected chi connectivity index (χ4v) is 3.91. The number of thioether (sulfide) groups is 1. The maximum absolute atomic E-state index is 12.0. The summed E-state index contributed by atoms with van der Waals surface area (Å²) in [5.41, 5.74) is 0.0941. The molecule has 1 aliphatic carbocycles. The zero-order valence-electron chi connectivity index (χ0n) is 13.2. The molecule has 0 heterocycles. The van der Waals surface area contributed by atoms with Crippen molar-refractivity contribution in [2.24, 2.45) is 5.41 Å². The van der Waals surface area contributed by atoms with Gasteiger partial charge in [-0.1, -0.05) is 27.7 Å². The highest BCUT2D eigenvalue weighted by Gasteiger charge is 2.26. The molecule has 0 aliphatic heterocycles. The molecule has 20 heavy (non-hydrogen) atoms. The van der Waals surface area contributed by atoms with Crippen LogP contribution in [0.2, 0.25) is 0 Å². The van der Waals surface area contributed by atoms with Gasteiger partial charge in [-0.15, -0.1) is 0 Å². The highest BCUT2D eigenvalue weighted by atomic mass is 32.2. The van der Waals surface area contributed by atoms with Crippen LogP contribution in [0.15, 0.2) is 0 Å². The Hall–Kier alpha value is -0.420. The smallest absolute Gasteiger partial charge is 0.315 e. The molecular formula is C15H30N2O2S. The highest BCUT2D eigenvalue weighted by Crippen LogP contribution is 2.29. The van der Waals surface area contributed by atoms with Crippen molar-refractivity contribution in [3.8, 4) is 0 Å².